The smallest absolute Gasteiger partial charge is 0.271 e. The van der Waals surface area contributed by atoms with Crippen molar-refractivity contribution in [3.05, 3.63) is 16.9 Å². The molecule has 2 saturated carbocycles. The van der Waals surface area contributed by atoms with E-state index in [0.717, 1.165) is 50.1 Å². The summed E-state index contributed by atoms with van der Waals surface area (Å²) in [4.78, 5) is 23.3. The van der Waals surface area contributed by atoms with Crippen molar-refractivity contribution < 1.29 is 4.79 Å². The molecule has 1 aliphatic heterocycles. The number of nitrogens with one attached hydrogen (secondary N) is 1. The number of rotatable bonds is 5. The van der Waals surface area contributed by atoms with Gasteiger partial charge in [0.15, 0.2) is 5.69 Å². The van der Waals surface area contributed by atoms with Gasteiger partial charge in [0.2, 0.25) is 5.95 Å². The van der Waals surface area contributed by atoms with Gasteiger partial charge in [0.25, 0.3) is 5.91 Å². The standard InChI is InChI=1S/C18H25ClN4O/c19-15-11-21-18(23-7-1-2-8-23)22-16(15)17(24)20-6-5-14-10-12-3-4-13(14)9-12/h11-14H,1-10H2,(H,20,24)/t12-,13-,14-/m0/s1. The molecule has 0 aromatic carbocycles. The van der Waals surface area contributed by atoms with Gasteiger partial charge < -0.3 is 10.2 Å². The van der Waals surface area contributed by atoms with Crippen LogP contribution in [0.1, 0.15) is 55.4 Å². The molecule has 1 N–H and O–H groups in total. The average Bonchev–Trinajstić information content (AvgIpc) is 3.33. The zero-order chi connectivity index (χ0) is 16.5. The van der Waals surface area contributed by atoms with E-state index >= 15 is 0 Å². The van der Waals surface area contributed by atoms with Gasteiger partial charge in [-0.1, -0.05) is 18.0 Å². The van der Waals surface area contributed by atoms with Crippen LogP contribution in [0.3, 0.4) is 0 Å². The van der Waals surface area contributed by atoms with Crippen LogP contribution in [0.15, 0.2) is 6.20 Å². The zero-order valence-corrected chi connectivity index (χ0v) is 14.8. The molecule has 1 amide bonds. The summed E-state index contributed by atoms with van der Waals surface area (Å²) in [6, 6.07) is 0. The van der Waals surface area contributed by atoms with E-state index in [1.165, 1.54) is 25.7 Å². The van der Waals surface area contributed by atoms with Gasteiger partial charge in [0.05, 0.1) is 11.2 Å². The first-order valence-electron chi connectivity index (χ1n) is 9.26. The van der Waals surface area contributed by atoms with Crippen molar-refractivity contribution in [3.8, 4) is 0 Å². The Hall–Kier alpha value is -1.36. The largest absolute Gasteiger partial charge is 0.351 e. The number of carbonyl (C=O) groups is 1. The molecule has 1 aromatic heterocycles. The molecule has 4 rings (SSSR count). The van der Waals surface area contributed by atoms with Crippen molar-refractivity contribution >= 4 is 23.5 Å². The normalized spacial score (nSPS) is 28.5. The molecule has 3 fully saturated rings. The maximum absolute atomic E-state index is 12.5. The van der Waals surface area contributed by atoms with Crippen molar-refractivity contribution in [2.24, 2.45) is 17.8 Å². The molecule has 2 aliphatic carbocycles. The van der Waals surface area contributed by atoms with Crippen molar-refractivity contribution in [2.75, 3.05) is 24.5 Å². The fourth-order valence-electron chi connectivity index (χ4n) is 4.77. The Bertz CT molecular complexity index is 617. The summed E-state index contributed by atoms with van der Waals surface area (Å²) in [5, 5.41) is 3.34. The zero-order valence-electron chi connectivity index (χ0n) is 14.0. The summed E-state index contributed by atoms with van der Waals surface area (Å²) < 4.78 is 0. The summed E-state index contributed by atoms with van der Waals surface area (Å²) >= 11 is 6.15. The fraction of sp³-hybridized carbons (Fsp3) is 0.722. The molecule has 2 bridgehead atoms. The molecule has 0 radical (unpaired) electrons. The molecule has 3 atom stereocenters. The van der Waals surface area contributed by atoms with Gasteiger partial charge in [-0.3, -0.25) is 4.79 Å². The van der Waals surface area contributed by atoms with E-state index in [2.05, 4.69) is 20.2 Å². The Labute approximate surface area is 148 Å². The van der Waals surface area contributed by atoms with Gasteiger partial charge in [0.1, 0.15) is 0 Å². The predicted molar refractivity (Wildman–Crippen MR) is 94.4 cm³/mol. The Balaban J connectivity index is 1.34. The third-order valence-electron chi connectivity index (χ3n) is 6.02. The Morgan fingerprint density at radius 2 is 2.12 bits per heavy atom. The van der Waals surface area contributed by atoms with E-state index in [1.54, 1.807) is 6.20 Å². The molecule has 6 heteroatoms. The van der Waals surface area contributed by atoms with E-state index in [9.17, 15) is 4.79 Å². The molecule has 1 saturated heterocycles. The number of halogens is 1. The van der Waals surface area contributed by atoms with E-state index < -0.39 is 0 Å². The minimum atomic E-state index is -0.175. The van der Waals surface area contributed by atoms with Crippen molar-refractivity contribution in [1.29, 1.82) is 0 Å². The number of aromatic nitrogens is 2. The number of fused-ring (bicyclic) bond motifs is 2. The van der Waals surface area contributed by atoms with E-state index in [4.69, 9.17) is 11.6 Å². The van der Waals surface area contributed by atoms with E-state index in [1.807, 2.05) is 0 Å². The van der Waals surface area contributed by atoms with Crippen LogP contribution in [0.25, 0.3) is 0 Å². The lowest BCUT2D eigenvalue weighted by atomic mass is 9.86. The summed E-state index contributed by atoms with van der Waals surface area (Å²) in [6.45, 7) is 2.62. The molecule has 24 heavy (non-hydrogen) atoms. The predicted octanol–water partition coefficient (Wildman–Crippen LogP) is 3.29. The summed E-state index contributed by atoms with van der Waals surface area (Å²) in [5.41, 5.74) is 0.307. The van der Waals surface area contributed by atoms with Crippen LogP contribution in [0.5, 0.6) is 0 Å². The lowest BCUT2D eigenvalue weighted by molar-refractivity contribution is 0.0945. The lowest BCUT2D eigenvalue weighted by Gasteiger charge is -2.21. The van der Waals surface area contributed by atoms with Crippen LogP contribution >= 0.6 is 11.6 Å². The maximum Gasteiger partial charge on any atom is 0.271 e. The summed E-state index contributed by atoms with van der Waals surface area (Å²) in [7, 11) is 0. The monoisotopic (exact) mass is 348 g/mol. The van der Waals surface area contributed by atoms with Crippen LogP contribution in [0, 0.1) is 17.8 Å². The van der Waals surface area contributed by atoms with Crippen LogP contribution in [0.2, 0.25) is 5.02 Å². The molecular formula is C18H25ClN4O. The maximum atomic E-state index is 12.5. The highest BCUT2D eigenvalue weighted by atomic mass is 35.5. The fourth-order valence-corrected chi connectivity index (χ4v) is 4.95. The van der Waals surface area contributed by atoms with Gasteiger partial charge >= 0.3 is 0 Å². The topological polar surface area (TPSA) is 58.1 Å². The van der Waals surface area contributed by atoms with Gasteiger partial charge in [-0.05, 0) is 56.3 Å². The molecule has 5 nitrogen and oxygen atoms in total. The van der Waals surface area contributed by atoms with Crippen molar-refractivity contribution in [3.63, 3.8) is 0 Å². The van der Waals surface area contributed by atoms with Gasteiger partial charge in [-0.15, -0.1) is 0 Å². The quantitative estimate of drug-likeness (QED) is 0.887. The number of hydrogen-bond donors (Lipinski definition) is 1. The van der Waals surface area contributed by atoms with Gasteiger partial charge in [-0.2, -0.15) is 0 Å². The second-order valence-corrected chi connectivity index (χ2v) is 7.95. The molecule has 3 aliphatic rings. The Morgan fingerprint density at radius 1 is 1.29 bits per heavy atom. The van der Waals surface area contributed by atoms with E-state index in [-0.39, 0.29) is 5.91 Å². The van der Waals surface area contributed by atoms with Gasteiger partial charge in [-0.25, -0.2) is 9.97 Å². The third kappa shape index (κ3) is 3.23. The summed E-state index contributed by atoms with van der Waals surface area (Å²) in [6.07, 6.45) is 10.5. The molecule has 130 valence electrons. The molecule has 0 unspecified atom stereocenters. The van der Waals surface area contributed by atoms with Crippen LogP contribution in [-0.2, 0) is 0 Å². The van der Waals surface area contributed by atoms with Gasteiger partial charge in [0, 0.05) is 19.6 Å². The highest BCUT2D eigenvalue weighted by Crippen LogP contribution is 2.49. The minimum Gasteiger partial charge on any atom is -0.351 e. The third-order valence-corrected chi connectivity index (χ3v) is 6.30. The highest BCUT2D eigenvalue weighted by molar-refractivity contribution is 6.33. The van der Waals surface area contributed by atoms with Crippen molar-refractivity contribution in [1.82, 2.24) is 15.3 Å². The van der Waals surface area contributed by atoms with E-state index in [0.29, 0.717) is 23.2 Å². The molecule has 1 aromatic rings. The highest BCUT2D eigenvalue weighted by Gasteiger charge is 2.38. The Morgan fingerprint density at radius 3 is 2.83 bits per heavy atom. The summed E-state index contributed by atoms with van der Waals surface area (Å²) in [5.74, 6) is 3.09. The molecule has 2 heterocycles. The second-order valence-electron chi connectivity index (χ2n) is 7.54. The second kappa shape index (κ2) is 6.87. The van der Waals surface area contributed by atoms with Crippen LogP contribution < -0.4 is 10.2 Å². The number of carbonyl (C=O) groups excluding carboxylic acids is 1. The lowest BCUT2D eigenvalue weighted by Crippen LogP contribution is -2.29. The molecule has 0 spiro atoms. The number of amides is 1. The van der Waals surface area contributed by atoms with Crippen LogP contribution in [0.4, 0.5) is 5.95 Å². The SMILES string of the molecule is O=C(NCC[C@H]1C[C@H]2CC[C@H]1C2)c1nc(N2CCCC2)ncc1Cl. The van der Waals surface area contributed by atoms with Crippen molar-refractivity contribution in [2.45, 2.75) is 44.9 Å². The first kappa shape index (κ1) is 16.1. The number of anilines is 1. The molecular weight excluding hydrogens is 324 g/mol. The first-order chi connectivity index (χ1) is 11.7. The number of nitrogens with zero attached hydrogens (tertiary/aromatic N) is 3. The first-order valence-corrected chi connectivity index (χ1v) is 9.64. The minimum absolute atomic E-state index is 0.175. The Kier molecular flexibility index (Phi) is 4.61. The van der Waals surface area contributed by atoms with Crippen LogP contribution in [-0.4, -0.2) is 35.5 Å². The number of hydrogen-bond acceptors (Lipinski definition) is 4. The average molecular weight is 349 g/mol.